The minimum Gasteiger partial charge on any atom is -0.388 e. The molecule has 0 fully saturated rings. The Balaban J connectivity index is 2.23. The lowest BCUT2D eigenvalue weighted by Gasteiger charge is -2.10. The first-order chi connectivity index (χ1) is 9.11. The third kappa shape index (κ3) is 2.91. The van der Waals surface area contributed by atoms with Crippen LogP contribution in [-0.4, -0.2) is 17.9 Å². The van der Waals surface area contributed by atoms with E-state index < -0.39 is 0 Å². The number of carbonyl (C=O) groups excluding carboxylic acids is 1. The Morgan fingerprint density at radius 2 is 1.95 bits per heavy atom. The van der Waals surface area contributed by atoms with E-state index in [4.69, 9.17) is 0 Å². The van der Waals surface area contributed by atoms with Crippen molar-refractivity contribution in [2.24, 2.45) is 0 Å². The van der Waals surface area contributed by atoms with Crippen molar-refractivity contribution in [3.8, 4) is 0 Å². The Labute approximate surface area is 112 Å². The number of rotatable bonds is 3. The summed E-state index contributed by atoms with van der Waals surface area (Å²) in [6.07, 6.45) is 1.67. The topological polar surface area (TPSA) is 54.0 Å². The van der Waals surface area contributed by atoms with Crippen LogP contribution in [0, 0.1) is 13.8 Å². The molecule has 0 bridgehead atoms. The SMILES string of the molecule is CNc1ccc(C(=O)Nc2ncccc2C)c(C)c1. The average molecular weight is 255 g/mol. The maximum absolute atomic E-state index is 12.2. The quantitative estimate of drug-likeness (QED) is 0.886. The molecular weight excluding hydrogens is 238 g/mol. The number of aromatic nitrogens is 1. The summed E-state index contributed by atoms with van der Waals surface area (Å²) in [7, 11) is 1.85. The van der Waals surface area contributed by atoms with Crippen LogP contribution in [0.4, 0.5) is 11.5 Å². The van der Waals surface area contributed by atoms with Crippen LogP contribution in [0.15, 0.2) is 36.5 Å². The first-order valence-electron chi connectivity index (χ1n) is 6.13. The second kappa shape index (κ2) is 5.52. The Morgan fingerprint density at radius 3 is 2.58 bits per heavy atom. The zero-order valence-electron chi connectivity index (χ0n) is 11.3. The number of carbonyl (C=O) groups is 1. The normalized spacial score (nSPS) is 10.1. The fourth-order valence-corrected chi connectivity index (χ4v) is 1.87. The van der Waals surface area contributed by atoms with Crippen LogP contribution in [0.25, 0.3) is 0 Å². The van der Waals surface area contributed by atoms with Crippen molar-refractivity contribution in [3.05, 3.63) is 53.2 Å². The Bertz CT molecular complexity index is 608. The summed E-state index contributed by atoms with van der Waals surface area (Å²) < 4.78 is 0. The zero-order valence-corrected chi connectivity index (χ0v) is 11.3. The first-order valence-corrected chi connectivity index (χ1v) is 6.13. The van der Waals surface area contributed by atoms with Gasteiger partial charge in [0.1, 0.15) is 5.82 Å². The number of amides is 1. The molecule has 0 atom stereocenters. The van der Waals surface area contributed by atoms with Gasteiger partial charge in [-0.05, 0) is 49.2 Å². The van der Waals surface area contributed by atoms with Gasteiger partial charge in [-0.3, -0.25) is 4.79 Å². The summed E-state index contributed by atoms with van der Waals surface area (Å²) in [4.78, 5) is 16.4. The zero-order chi connectivity index (χ0) is 13.8. The summed E-state index contributed by atoms with van der Waals surface area (Å²) >= 11 is 0. The van der Waals surface area contributed by atoms with Crippen molar-refractivity contribution in [3.63, 3.8) is 0 Å². The predicted octanol–water partition coefficient (Wildman–Crippen LogP) is 2.99. The molecule has 0 radical (unpaired) electrons. The van der Waals surface area contributed by atoms with Crippen LogP contribution in [0.2, 0.25) is 0 Å². The van der Waals surface area contributed by atoms with Crippen molar-refractivity contribution < 1.29 is 4.79 Å². The molecule has 0 saturated carbocycles. The lowest BCUT2D eigenvalue weighted by atomic mass is 10.1. The minimum atomic E-state index is -0.137. The standard InChI is InChI=1S/C15H17N3O/c1-10-5-4-8-17-14(10)18-15(19)13-7-6-12(16-3)9-11(13)2/h4-9,16H,1-3H3,(H,17,18,19). The van der Waals surface area contributed by atoms with E-state index in [0.29, 0.717) is 11.4 Å². The second-order valence-corrected chi connectivity index (χ2v) is 4.40. The Kier molecular flexibility index (Phi) is 3.80. The van der Waals surface area contributed by atoms with Crippen molar-refractivity contribution in [1.82, 2.24) is 4.98 Å². The third-order valence-corrected chi connectivity index (χ3v) is 3.00. The molecule has 1 heterocycles. The van der Waals surface area contributed by atoms with Gasteiger partial charge in [0.15, 0.2) is 0 Å². The molecule has 2 aromatic rings. The molecule has 1 aromatic carbocycles. The molecule has 0 saturated heterocycles. The van der Waals surface area contributed by atoms with Gasteiger partial charge < -0.3 is 10.6 Å². The largest absolute Gasteiger partial charge is 0.388 e. The molecule has 0 aliphatic rings. The highest BCUT2D eigenvalue weighted by Crippen LogP contribution is 2.17. The molecule has 4 nitrogen and oxygen atoms in total. The summed E-state index contributed by atoms with van der Waals surface area (Å²) in [5.74, 6) is 0.464. The average Bonchev–Trinajstić information content (AvgIpc) is 2.41. The molecular formula is C15H17N3O. The van der Waals surface area contributed by atoms with Crippen LogP contribution >= 0.6 is 0 Å². The Morgan fingerprint density at radius 1 is 1.16 bits per heavy atom. The van der Waals surface area contributed by atoms with Gasteiger partial charge in [-0.25, -0.2) is 4.98 Å². The number of anilines is 2. The maximum Gasteiger partial charge on any atom is 0.257 e. The van der Waals surface area contributed by atoms with Gasteiger partial charge >= 0.3 is 0 Å². The van der Waals surface area contributed by atoms with Crippen LogP contribution in [0.5, 0.6) is 0 Å². The van der Waals surface area contributed by atoms with E-state index in [1.807, 2.05) is 51.2 Å². The highest BCUT2D eigenvalue weighted by molar-refractivity contribution is 6.05. The van der Waals surface area contributed by atoms with Crippen LogP contribution < -0.4 is 10.6 Å². The van der Waals surface area contributed by atoms with Crippen LogP contribution in [-0.2, 0) is 0 Å². The van der Waals surface area contributed by atoms with E-state index in [9.17, 15) is 4.79 Å². The molecule has 0 aliphatic heterocycles. The molecule has 1 aromatic heterocycles. The van der Waals surface area contributed by atoms with Crippen molar-refractivity contribution in [2.45, 2.75) is 13.8 Å². The number of hydrogen-bond acceptors (Lipinski definition) is 3. The summed E-state index contributed by atoms with van der Waals surface area (Å²) in [5, 5.41) is 5.88. The lowest BCUT2D eigenvalue weighted by molar-refractivity contribution is 0.102. The van der Waals surface area contributed by atoms with E-state index in [0.717, 1.165) is 16.8 Å². The van der Waals surface area contributed by atoms with Crippen LogP contribution in [0.1, 0.15) is 21.5 Å². The van der Waals surface area contributed by atoms with E-state index in [-0.39, 0.29) is 5.91 Å². The second-order valence-electron chi connectivity index (χ2n) is 4.40. The van der Waals surface area contributed by atoms with Gasteiger partial charge in [-0.1, -0.05) is 6.07 Å². The van der Waals surface area contributed by atoms with E-state index in [2.05, 4.69) is 15.6 Å². The molecule has 19 heavy (non-hydrogen) atoms. The summed E-state index contributed by atoms with van der Waals surface area (Å²) in [6, 6.07) is 9.40. The van der Waals surface area contributed by atoms with E-state index in [1.54, 1.807) is 6.20 Å². The van der Waals surface area contributed by atoms with Crippen molar-refractivity contribution >= 4 is 17.4 Å². The smallest absolute Gasteiger partial charge is 0.257 e. The molecule has 2 rings (SSSR count). The molecule has 4 heteroatoms. The number of hydrogen-bond donors (Lipinski definition) is 2. The highest BCUT2D eigenvalue weighted by Gasteiger charge is 2.11. The molecule has 0 unspecified atom stereocenters. The Hall–Kier alpha value is -2.36. The molecule has 1 amide bonds. The molecule has 2 N–H and O–H groups in total. The van der Waals surface area contributed by atoms with Gasteiger partial charge in [0.2, 0.25) is 0 Å². The first kappa shape index (κ1) is 13.1. The van der Waals surface area contributed by atoms with Gasteiger partial charge in [-0.15, -0.1) is 0 Å². The highest BCUT2D eigenvalue weighted by atomic mass is 16.1. The van der Waals surface area contributed by atoms with Crippen molar-refractivity contribution in [1.29, 1.82) is 0 Å². The van der Waals surface area contributed by atoms with E-state index in [1.165, 1.54) is 0 Å². The minimum absolute atomic E-state index is 0.137. The predicted molar refractivity (Wildman–Crippen MR) is 77.7 cm³/mol. The number of nitrogens with one attached hydrogen (secondary N) is 2. The van der Waals surface area contributed by atoms with E-state index >= 15 is 0 Å². The number of benzene rings is 1. The summed E-state index contributed by atoms with van der Waals surface area (Å²) in [5.41, 5.74) is 3.52. The number of pyridine rings is 1. The van der Waals surface area contributed by atoms with Crippen LogP contribution in [0.3, 0.4) is 0 Å². The monoisotopic (exact) mass is 255 g/mol. The third-order valence-electron chi connectivity index (χ3n) is 3.00. The number of aryl methyl sites for hydroxylation is 2. The molecule has 0 spiro atoms. The fourth-order valence-electron chi connectivity index (χ4n) is 1.87. The van der Waals surface area contributed by atoms with Gasteiger partial charge in [0.25, 0.3) is 5.91 Å². The van der Waals surface area contributed by atoms with Crippen molar-refractivity contribution in [2.75, 3.05) is 17.7 Å². The molecule has 98 valence electrons. The molecule has 0 aliphatic carbocycles. The van der Waals surface area contributed by atoms with Gasteiger partial charge in [0, 0.05) is 24.5 Å². The number of nitrogens with zero attached hydrogens (tertiary/aromatic N) is 1. The lowest BCUT2D eigenvalue weighted by Crippen LogP contribution is -2.15. The summed E-state index contributed by atoms with van der Waals surface area (Å²) in [6.45, 7) is 3.83. The fraction of sp³-hybridized carbons (Fsp3) is 0.200. The van der Waals surface area contributed by atoms with Gasteiger partial charge in [0.05, 0.1) is 0 Å². The van der Waals surface area contributed by atoms with Gasteiger partial charge in [-0.2, -0.15) is 0 Å². The maximum atomic E-state index is 12.2.